The Bertz CT molecular complexity index is 543. The maximum atomic E-state index is 5.98. The lowest BCUT2D eigenvalue weighted by Gasteiger charge is -2.08. The summed E-state index contributed by atoms with van der Waals surface area (Å²) in [5, 5.41) is 0. The Kier molecular flexibility index (Phi) is 3.99. The highest BCUT2D eigenvalue weighted by atomic mass is 32.2. The van der Waals surface area contributed by atoms with E-state index in [1.807, 2.05) is 42.5 Å². The van der Waals surface area contributed by atoms with E-state index in [1.165, 1.54) is 0 Å². The predicted molar refractivity (Wildman–Crippen MR) is 74.5 cm³/mol. The van der Waals surface area contributed by atoms with E-state index in [1.54, 1.807) is 26.0 Å². The molecule has 0 aliphatic rings. The van der Waals surface area contributed by atoms with Gasteiger partial charge >= 0.3 is 0 Å². The van der Waals surface area contributed by atoms with Crippen LogP contribution < -0.4 is 15.2 Å². The monoisotopic (exact) mass is 261 g/mol. The average Bonchev–Trinajstić information content (AvgIpc) is 2.41. The topological polar surface area (TPSA) is 44.5 Å². The van der Waals surface area contributed by atoms with Gasteiger partial charge in [0.05, 0.1) is 14.2 Å². The lowest BCUT2D eigenvalue weighted by Crippen LogP contribution is -1.91. The SMILES string of the molecule is COc1cccc(Sc2ccc(OC)cc2N)c1. The molecule has 0 aromatic heterocycles. The average molecular weight is 261 g/mol. The maximum absolute atomic E-state index is 5.98. The number of anilines is 1. The summed E-state index contributed by atoms with van der Waals surface area (Å²) >= 11 is 1.60. The van der Waals surface area contributed by atoms with Crippen LogP contribution in [0.5, 0.6) is 11.5 Å². The van der Waals surface area contributed by atoms with E-state index >= 15 is 0 Å². The number of rotatable bonds is 4. The van der Waals surface area contributed by atoms with Gasteiger partial charge in [-0.05, 0) is 30.3 Å². The molecule has 0 fully saturated rings. The summed E-state index contributed by atoms with van der Waals surface area (Å²) in [7, 11) is 3.29. The van der Waals surface area contributed by atoms with Crippen LogP contribution in [0.15, 0.2) is 52.3 Å². The second-order valence-corrected chi connectivity index (χ2v) is 4.80. The van der Waals surface area contributed by atoms with E-state index in [4.69, 9.17) is 15.2 Å². The van der Waals surface area contributed by atoms with E-state index in [-0.39, 0.29) is 0 Å². The number of nitrogen functional groups attached to an aromatic ring is 1. The largest absolute Gasteiger partial charge is 0.497 e. The lowest BCUT2D eigenvalue weighted by molar-refractivity contribution is 0.413. The summed E-state index contributed by atoms with van der Waals surface area (Å²) in [5.74, 6) is 1.61. The molecule has 0 saturated heterocycles. The fourth-order valence-corrected chi connectivity index (χ4v) is 2.43. The minimum atomic E-state index is 0.710. The van der Waals surface area contributed by atoms with Crippen LogP contribution in [0.25, 0.3) is 0 Å². The third-order valence-electron chi connectivity index (χ3n) is 2.49. The first-order valence-electron chi connectivity index (χ1n) is 5.48. The second kappa shape index (κ2) is 5.69. The molecule has 0 unspecified atom stereocenters. The van der Waals surface area contributed by atoms with Crippen molar-refractivity contribution < 1.29 is 9.47 Å². The van der Waals surface area contributed by atoms with Crippen LogP contribution in [-0.2, 0) is 0 Å². The first kappa shape index (κ1) is 12.6. The van der Waals surface area contributed by atoms with Crippen LogP contribution in [-0.4, -0.2) is 14.2 Å². The van der Waals surface area contributed by atoms with E-state index in [9.17, 15) is 0 Å². The molecular weight excluding hydrogens is 246 g/mol. The van der Waals surface area contributed by atoms with E-state index in [2.05, 4.69) is 0 Å². The number of nitrogens with two attached hydrogens (primary N) is 1. The van der Waals surface area contributed by atoms with Crippen LogP contribution in [0, 0.1) is 0 Å². The van der Waals surface area contributed by atoms with Crippen molar-refractivity contribution in [2.75, 3.05) is 20.0 Å². The van der Waals surface area contributed by atoms with Gasteiger partial charge in [-0.1, -0.05) is 17.8 Å². The molecule has 0 atom stereocenters. The summed E-state index contributed by atoms with van der Waals surface area (Å²) in [6.07, 6.45) is 0. The van der Waals surface area contributed by atoms with Crippen molar-refractivity contribution in [3.63, 3.8) is 0 Å². The Morgan fingerprint density at radius 3 is 2.33 bits per heavy atom. The van der Waals surface area contributed by atoms with Crippen molar-refractivity contribution in [3.05, 3.63) is 42.5 Å². The van der Waals surface area contributed by atoms with E-state index in [0.717, 1.165) is 21.3 Å². The molecule has 0 aliphatic carbocycles. The fourth-order valence-electron chi connectivity index (χ4n) is 1.54. The summed E-state index contributed by atoms with van der Waals surface area (Å²) in [6.45, 7) is 0. The molecule has 18 heavy (non-hydrogen) atoms. The second-order valence-electron chi connectivity index (χ2n) is 3.68. The van der Waals surface area contributed by atoms with Crippen LogP contribution in [0.1, 0.15) is 0 Å². The van der Waals surface area contributed by atoms with Gasteiger partial charge in [0.2, 0.25) is 0 Å². The zero-order valence-electron chi connectivity index (χ0n) is 10.3. The molecule has 3 nitrogen and oxygen atoms in total. The third-order valence-corrected chi connectivity index (χ3v) is 3.57. The van der Waals surface area contributed by atoms with Crippen molar-refractivity contribution in [2.24, 2.45) is 0 Å². The van der Waals surface area contributed by atoms with Crippen LogP contribution in [0.4, 0.5) is 5.69 Å². The van der Waals surface area contributed by atoms with Crippen molar-refractivity contribution in [1.82, 2.24) is 0 Å². The van der Waals surface area contributed by atoms with Crippen LogP contribution >= 0.6 is 11.8 Å². The predicted octanol–water partition coefficient (Wildman–Crippen LogP) is 3.44. The zero-order chi connectivity index (χ0) is 13.0. The van der Waals surface area contributed by atoms with Crippen LogP contribution in [0.2, 0.25) is 0 Å². The van der Waals surface area contributed by atoms with Gasteiger partial charge in [-0.25, -0.2) is 0 Å². The van der Waals surface area contributed by atoms with E-state index < -0.39 is 0 Å². The molecule has 0 bridgehead atoms. The van der Waals surface area contributed by atoms with E-state index in [0.29, 0.717) is 5.69 Å². The number of hydrogen-bond donors (Lipinski definition) is 1. The van der Waals surface area contributed by atoms with Gasteiger partial charge in [-0.2, -0.15) is 0 Å². The van der Waals surface area contributed by atoms with Gasteiger partial charge in [-0.15, -0.1) is 0 Å². The molecule has 0 heterocycles. The van der Waals surface area contributed by atoms with Crippen LogP contribution in [0.3, 0.4) is 0 Å². The normalized spacial score (nSPS) is 10.1. The number of methoxy groups -OCH3 is 2. The Morgan fingerprint density at radius 1 is 0.944 bits per heavy atom. The Labute approximate surface area is 111 Å². The highest BCUT2D eigenvalue weighted by Crippen LogP contribution is 2.35. The molecule has 0 saturated carbocycles. The first-order chi connectivity index (χ1) is 8.72. The highest BCUT2D eigenvalue weighted by Gasteiger charge is 2.04. The molecule has 0 radical (unpaired) electrons. The van der Waals surface area contributed by atoms with Gasteiger partial charge in [0, 0.05) is 21.5 Å². The van der Waals surface area contributed by atoms with Crippen molar-refractivity contribution in [1.29, 1.82) is 0 Å². The third kappa shape index (κ3) is 2.90. The van der Waals surface area contributed by atoms with Gasteiger partial charge in [0.25, 0.3) is 0 Å². The molecule has 0 spiro atoms. The molecule has 2 rings (SSSR count). The maximum Gasteiger partial charge on any atom is 0.120 e. The molecule has 94 valence electrons. The van der Waals surface area contributed by atoms with Gasteiger partial charge in [0.15, 0.2) is 0 Å². The number of hydrogen-bond acceptors (Lipinski definition) is 4. The van der Waals surface area contributed by atoms with Gasteiger partial charge in [0.1, 0.15) is 11.5 Å². The zero-order valence-corrected chi connectivity index (χ0v) is 11.2. The smallest absolute Gasteiger partial charge is 0.120 e. The lowest BCUT2D eigenvalue weighted by atomic mass is 10.3. The van der Waals surface area contributed by atoms with Gasteiger partial charge in [-0.3, -0.25) is 0 Å². The molecular formula is C14H15NO2S. The molecule has 2 N–H and O–H groups in total. The fraction of sp³-hybridized carbons (Fsp3) is 0.143. The minimum Gasteiger partial charge on any atom is -0.497 e. The summed E-state index contributed by atoms with van der Waals surface area (Å²) in [6, 6.07) is 13.6. The van der Waals surface area contributed by atoms with Crippen molar-refractivity contribution >= 4 is 17.4 Å². The summed E-state index contributed by atoms with van der Waals surface area (Å²) in [4.78, 5) is 2.09. The molecule has 2 aromatic carbocycles. The highest BCUT2D eigenvalue weighted by molar-refractivity contribution is 7.99. The Balaban J connectivity index is 2.22. The Morgan fingerprint density at radius 2 is 1.67 bits per heavy atom. The first-order valence-corrected chi connectivity index (χ1v) is 6.30. The Hall–Kier alpha value is -1.81. The number of ether oxygens (including phenoxy) is 2. The number of benzene rings is 2. The molecule has 0 aliphatic heterocycles. The molecule has 0 amide bonds. The minimum absolute atomic E-state index is 0.710. The quantitative estimate of drug-likeness (QED) is 0.856. The molecule has 2 aromatic rings. The molecule has 4 heteroatoms. The summed E-state index contributed by atoms with van der Waals surface area (Å²) in [5.41, 5.74) is 6.69. The summed E-state index contributed by atoms with van der Waals surface area (Å²) < 4.78 is 10.3. The standard InChI is InChI=1S/C14H15NO2S/c1-16-10-4-3-5-12(8-10)18-14-7-6-11(17-2)9-13(14)15/h3-9H,15H2,1-2H3. The van der Waals surface area contributed by atoms with Gasteiger partial charge < -0.3 is 15.2 Å². The van der Waals surface area contributed by atoms with Crippen molar-refractivity contribution in [3.8, 4) is 11.5 Å². The van der Waals surface area contributed by atoms with Crippen molar-refractivity contribution in [2.45, 2.75) is 9.79 Å².